The van der Waals surface area contributed by atoms with Crippen LogP contribution in [0.2, 0.25) is 0 Å². The number of hydrogen-bond donors (Lipinski definition) is 1. The molecule has 2 N–H and O–H groups in total. The lowest BCUT2D eigenvalue weighted by molar-refractivity contribution is 0.659. The van der Waals surface area contributed by atoms with E-state index in [1.54, 1.807) is 0 Å². The van der Waals surface area contributed by atoms with Crippen LogP contribution in [-0.2, 0) is 12.3 Å². The van der Waals surface area contributed by atoms with Gasteiger partial charge in [0.2, 0.25) is 0 Å². The van der Waals surface area contributed by atoms with Crippen LogP contribution in [0.25, 0.3) is 0 Å². The van der Waals surface area contributed by atoms with Crippen molar-refractivity contribution in [3.05, 3.63) is 18.2 Å². The second kappa shape index (κ2) is 6.90. The zero-order valence-corrected chi connectivity index (χ0v) is 10.5. The third-order valence-electron chi connectivity index (χ3n) is 2.35. The smallest absolute Gasteiger partial charge is 0.0948 e. The van der Waals surface area contributed by atoms with E-state index in [4.69, 9.17) is 5.73 Å². The number of aromatic nitrogens is 2. The summed E-state index contributed by atoms with van der Waals surface area (Å²) in [6.07, 6.45) is 6.14. The predicted octanol–water partition coefficient (Wildman–Crippen LogP) is 2.26. The average molecular weight is 227 g/mol. The van der Waals surface area contributed by atoms with Crippen molar-refractivity contribution in [1.82, 2.24) is 9.55 Å². The van der Waals surface area contributed by atoms with Crippen LogP contribution in [0.15, 0.2) is 12.5 Å². The highest BCUT2D eigenvalue weighted by atomic mass is 32.2. The summed E-state index contributed by atoms with van der Waals surface area (Å²) in [5.74, 6) is 1.04. The SMILES string of the molecule is CCCn1cncc1CSC(C)CCN. The van der Waals surface area contributed by atoms with Gasteiger partial charge < -0.3 is 10.3 Å². The van der Waals surface area contributed by atoms with E-state index in [0.29, 0.717) is 5.25 Å². The highest BCUT2D eigenvalue weighted by molar-refractivity contribution is 7.99. The van der Waals surface area contributed by atoms with Gasteiger partial charge >= 0.3 is 0 Å². The Bertz CT molecular complexity index is 273. The van der Waals surface area contributed by atoms with E-state index in [1.165, 1.54) is 5.69 Å². The van der Waals surface area contributed by atoms with Crippen LogP contribution in [0.3, 0.4) is 0 Å². The van der Waals surface area contributed by atoms with Gasteiger partial charge in [0, 0.05) is 29.4 Å². The van der Waals surface area contributed by atoms with Crippen LogP contribution in [-0.4, -0.2) is 21.3 Å². The minimum absolute atomic E-state index is 0.639. The molecule has 0 fully saturated rings. The Labute approximate surface area is 96.5 Å². The number of thioether (sulfide) groups is 1. The number of nitrogens with zero attached hydrogens (tertiary/aromatic N) is 2. The maximum absolute atomic E-state index is 5.53. The average Bonchev–Trinajstić information content (AvgIpc) is 2.64. The Hall–Kier alpha value is -0.480. The first-order valence-electron chi connectivity index (χ1n) is 5.58. The maximum Gasteiger partial charge on any atom is 0.0948 e. The minimum Gasteiger partial charge on any atom is -0.334 e. The molecule has 0 aliphatic carbocycles. The molecule has 0 aromatic carbocycles. The van der Waals surface area contributed by atoms with Crippen molar-refractivity contribution < 1.29 is 0 Å². The largest absolute Gasteiger partial charge is 0.334 e. The van der Waals surface area contributed by atoms with E-state index >= 15 is 0 Å². The molecule has 1 rings (SSSR count). The van der Waals surface area contributed by atoms with E-state index in [9.17, 15) is 0 Å². The molecule has 1 atom stereocenters. The quantitative estimate of drug-likeness (QED) is 0.777. The zero-order chi connectivity index (χ0) is 11.1. The maximum atomic E-state index is 5.53. The third-order valence-corrected chi connectivity index (χ3v) is 3.62. The molecule has 0 aliphatic rings. The molecule has 0 saturated heterocycles. The van der Waals surface area contributed by atoms with Crippen molar-refractivity contribution in [3.8, 4) is 0 Å². The molecule has 1 aromatic heterocycles. The molecule has 0 radical (unpaired) electrons. The Morgan fingerprint density at radius 3 is 3.07 bits per heavy atom. The zero-order valence-electron chi connectivity index (χ0n) is 9.65. The number of hydrogen-bond acceptors (Lipinski definition) is 3. The van der Waals surface area contributed by atoms with Crippen molar-refractivity contribution in [2.24, 2.45) is 5.73 Å². The van der Waals surface area contributed by atoms with Gasteiger partial charge in [-0.05, 0) is 19.4 Å². The summed E-state index contributed by atoms with van der Waals surface area (Å²) in [6.45, 7) is 6.27. The summed E-state index contributed by atoms with van der Waals surface area (Å²) < 4.78 is 2.24. The Morgan fingerprint density at radius 2 is 2.40 bits per heavy atom. The van der Waals surface area contributed by atoms with Gasteiger partial charge in [-0.1, -0.05) is 13.8 Å². The van der Waals surface area contributed by atoms with Gasteiger partial charge in [0.25, 0.3) is 0 Å². The number of imidazole rings is 1. The highest BCUT2D eigenvalue weighted by Crippen LogP contribution is 2.19. The molecule has 0 bridgehead atoms. The Morgan fingerprint density at radius 1 is 1.60 bits per heavy atom. The van der Waals surface area contributed by atoms with Gasteiger partial charge in [-0.2, -0.15) is 11.8 Å². The molecule has 15 heavy (non-hydrogen) atoms. The summed E-state index contributed by atoms with van der Waals surface area (Å²) in [7, 11) is 0. The first kappa shape index (κ1) is 12.6. The lowest BCUT2D eigenvalue weighted by Crippen LogP contribution is -2.08. The highest BCUT2D eigenvalue weighted by Gasteiger charge is 2.05. The minimum atomic E-state index is 0.639. The van der Waals surface area contributed by atoms with Gasteiger partial charge in [0.15, 0.2) is 0 Å². The Balaban J connectivity index is 2.39. The Kier molecular flexibility index (Phi) is 5.79. The summed E-state index contributed by atoms with van der Waals surface area (Å²) in [5, 5.41) is 0.639. The molecule has 0 spiro atoms. The molecule has 0 amide bonds. The van der Waals surface area contributed by atoms with Gasteiger partial charge in [-0.3, -0.25) is 0 Å². The molecule has 86 valence electrons. The molecule has 1 unspecified atom stereocenters. The standard InChI is InChI=1S/C11H21N3S/c1-3-6-14-9-13-7-11(14)8-15-10(2)4-5-12/h7,9-10H,3-6,8,12H2,1-2H3. The monoisotopic (exact) mass is 227 g/mol. The van der Waals surface area contributed by atoms with Gasteiger partial charge in [-0.15, -0.1) is 0 Å². The normalized spacial score (nSPS) is 13.0. The first-order chi connectivity index (χ1) is 7.27. The van der Waals surface area contributed by atoms with Gasteiger partial charge in [0.1, 0.15) is 0 Å². The fourth-order valence-corrected chi connectivity index (χ4v) is 2.45. The fourth-order valence-electron chi connectivity index (χ4n) is 1.46. The molecule has 4 heteroatoms. The van der Waals surface area contributed by atoms with Crippen LogP contribution < -0.4 is 5.73 Å². The first-order valence-corrected chi connectivity index (χ1v) is 6.63. The van der Waals surface area contributed by atoms with Gasteiger partial charge in [0.05, 0.1) is 6.33 Å². The van der Waals surface area contributed by atoms with Crippen molar-refractivity contribution in [2.45, 2.75) is 44.2 Å². The number of aryl methyl sites for hydroxylation is 1. The third kappa shape index (κ3) is 4.26. The van der Waals surface area contributed by atoms with Crippen LogP contribution in [0.5, 0.6) is 0 Å². The molecule has 3 nitrogen and oxygen atoms in total. The second-order valence-corrected chi connectivity index (χ2v) is 5.20. The van der Waals surface area contributed by atoms with E-state index in [2.05, 4.69) is 23.4 Å². The summed E-state index contributed by atoms with van der Waals surface area (Å²) in [6, 6.07) is 0. The van der Waals surface area contributed by atoms with Crippen molar-refractivity contribution in [1.29, 1.82) is 0 Å². The van der Waals surface area contributed by atoms with Gasteiger partial charge in [-0.25, -0.2) is 4.98 Å². The molecular weight excluding hydrogens is 206 g/mol. The van der Waals surface area contributed by atoms with Crippen LogP contribution in [0, 0.1) is 0 Å². The summed E-state index contributed by atoms with van der Waals surface area (Å²) in [5.41, 5.74) is 6.85. The van der Waals surface area contributed by atoms with Crippen LogP contribution in [0.4, 0.5) is 0 Å². The number of nitrogens with two attached hydrogens (primary N) is 1. The van der Waals surface area contributed by atoms with Crippen molar-refractivity contribution >= 4 is 11.8 Å². The van der Waals surface area contributed by atoms with E-state index < -0.39 is 0 Å². The molecular formula is C11H21N3S. The summed E-state index contributed by atoms with van der Waals surface area (Å²) in [4.78, 5) is 4.19. The lowest BCUT2D eigenvalue weighted by atomic mass is 10.3. The van der Waals surface area contributed by atoms with E-state index in [0.717, 1.165) is 31.7 Å². The van der Waals surface area contributed by atoms with Crippen LogP contribution in [0.1, 0.15) is 32.4 Å². The topological polar surface area (TPSA) is 43.8 Å². The predicted molar refractivity (Wildman–Crippen MR) is 66.9 cm³/mol. The molecule has 0 saturated carbocycles. The summed E-state index contributed by atoms with van der Waals surface area (Å²) >= 11 is 1.96. The van der Waals surface area contributed by atoms with E-state index in [-0.39, 0.29) is 0 Å². The van der Waals surface area contributed by atoms with Crippen LogP contribution >= 0.6 is 11.8 Å². The molecule has 0 aliphatic heterocycles. The molecule has 1 heterocycles. The van der Waals surface area contributed by atoms with Crippen molar-refractivity contribution in [3.63, 3.8) is 0 Å². The lowest BCUT2D eigenvalue weighted by Gasteiger charge is -2.10. The molecule has 1 aromatic rings. The number of rotatable bonds is 7. The van der Waals surface area contributed by atoms with E-state index in [1.807, 2.05) is 24.3 Å². The fraction of sp³-hybridized carbons (Fsp3) is 0.727. The second-order valence-electron chi connectivity index (χ2n) is 3.78. The van der Waals surface area contributed by atoms with Crippen molar-refractivity contribution in [2.75, 3.05) is 6.54 Å².